The molecule has 10 heteroatoms. The number of nitrogen functional groups attached to an aromatic ring is 1. The van der Waals surface area contributed by atoms with E-state index in [1.807, 2.05) is 16.9 Å². The van der Waals surface area contributed by atoms with Crippen molar-refractivity contribution in [2.45, 2.75) is 12.6 Å². The van der Waals surface area contributed by atoms with Gasteiger partial charge in [0.2, 0.25) is 0 Å². The highest BCUT2D eigenvalue weighted by Gasteiger charge is 2.21. The van der Waals surface area contributed by atoms with Crippen molar-refractivity contribution in [1.29, 1.82) is 5.41 Å². The number of hydrogen-bond donors (Lipinski definition) is 4. The molecule has 0 aliphatic carbocycles. The molecule has 0 radical (unpaired) electrons. The van der Waals surface area contributed by atoms with Crippen molar-refractivity contribution >= 4 is 34.9 Å². The molecule has 3 aromatic heterocycles. The van der Waals surface area contributed by atoms with Crippen LogP contribution < -0.4 is 16.4 Å². The molecule has 0 saturated carbocycles. The average molecular weight is 384 g/mol. The summed E-state index contributed by atoms with van der Waals surface area (Å²) in [6.07, 6.45) is 6.76. The van der Waals surface area contributed by atoms with Crippen molar-refractivity contribution in [3.63, 3.8) is 0 Å². The average Bonchev–Trinajstić information content (AvgIpc) is 3.25. The molecule has 1 fully saturated rings. The second-order valence-corrected chi connectivity index (χ2v) is 7.30. The lowest BCUT2D eigenvalue weighted by Crippen LogP contribution is -2.30. The molecule has 9 nitrogen and oxygen atoms in total. The van der Waals surface area contributed by atoms with E-state index in [-0.39, 0.29) is 0 Å². The second-order valence-electron chi connectivity index (χ2n) is 6.13. The number of rotatable bonds is 7. The van der Waals surface area contributed by atoms with E-state index in [0.29, 0.717) is 43.1 Å². The SMILES string of the molecule is CNc1ncc(-c2cnn(C3COC3)c2)nc1NCc1cc(N)c(C=N)s1. The lowest BCUT2D eigenvalue weighted by Gasteiger charge is -2.25. The number of ether oxygens (including phenoxy) is 1. The molecule has 27 heavy (non-hydrogen) atoms. The highest BCUT2D eigenvalue weighted by Crippen LogP contribution is 2.27. The first-order chi connectivity index (χ1) is 13.2. The first-order valence-electron chi connectivity index (χ1n) is 8.47. The Balaban J connectivity index is 1.54. The van der Waals surface area contributed by atoms with Crippen LogP contribution in [-0.4, -0.2) is 46.2 Å². The summed E-state index contributed by atoms with van der Waals surface area (Å²) in [5, 5.41) is 18.1. The molecular formula is C17H20N8OS. The highest BCUT2D eigenvalue weighted by atomic mass is 32.1. The fourth-order valence-electron chi connectivity index (χ4n) is 2.73. The molecule has 1 aliphatic rings. The van der Waals surface area contributed by atoms with Gasteiger partial charge in [-0.15, -0.1) is 11.3 Å². The smallest absolute Gasteiger partial charge is 0.170 e. The molecule has 0 amide bonds. The minimum atomic E-state index is 0.299. The Bertz CT molecular complexity index is 962. The van der Waals surface area contributed by atoms with Crippen LogP contribution in [0.2, 0.25) is 0 Å². The summed E-state index contributed by atoms with van der Waals surface area (Å²) in [6.45, 7) is 1.94. The molecule has 1 saturated heterocycles. The van der Waals surface area contributed by atoms with E-state index < -0.39 is 0 Å². The lowest BCUT2D eigenvalue weighted by molar-refractivity contribution is -0.0286. The Morgan fingerprint density at radius 3 is 2.93 bits per heavy atom. The maximum Gasteiger partial charge on any atom is 0.170 e. The van der Waals surface area contributed by atoms with Crippen molar-refractivity contribution in [2.75, 3.05) is 36.6 Å². The Morgan fingerprint density at radius 2 is 2.26 bits per heavy atom. The van der Waals surface area contributed by atoms with Gasteiger partial charge in [0.1, 0.15) is 0 Å². The van der Waals surface area contributed by atoms with Crippen LogP contribution in [0.25, 0.3) is 11.3 Å². The normalized spacial score (nSPS) is 14.0. The minimum absolute atomic E-state index is 0.299. The molecule has 5 N–H and O–H groups in total. The Hall–Kier alpha value is -2.98. The number of hydrogen-bond acceptors (Lipinski definition) is 9. The van der Waals surface area contributed by atoms with Crippen LogP contribution >= 0.6 is 11.3 Å². The molecule has 4 heterocycles. The predicted octanol–water partition coefficient (Wildman–Crippen LogP) is 2.21. The quantitative estimate of drug-likeness (QED) is 0.460. The molecule has 0 unspecified atom stereocenters. The summed E-state index contributed by atoms with van der Waals surface area (Å²) in [5.41, 5.74) is 8.16. The zero-order chi connectivity index (χ0) is 18.8. The van der Waals surface area contributed by atoms with Crippen LogP contribution in [0.4, 0.5) is 17.3 Å². The summed E-state index contributed by atoms with van der Waals surface area (Å²) in [6, 6.07) is 2.17. The zero-order valence-electron chi connectivity index (χ0n) is 14.8. The number of nitrogens with two attached hydrogens (primary N) is 1. The van der Waals surface area contributed by atoms with Crippen molar-refractivity contribution in [3.8, 4) is 11.3 Å². The van der Waals surface area contributed by atoms with Gasteiger partial charge in [-0.2, -0.15) is 5.10 Å². The van der Waals surface area contributed by atoms with Gasteiger partial charge in [-0.25, -0.2) is 9.97 Å². The van der Waals surface area contributed by atoms with Crippen LogP contribution in [-0.2, 0) is 11.3 Å². The Morgan fingerprint density at radius 1 is 1.41 bits per heavy atom. The summed E-state index contributed by atoms with van der Waals surface area (Å²) in [4.78, 5) is 10.9. The molecule has 4 rings (SSSR count). The van der Waals surface area contributed by atoms with Gasteiger partial charge in [0, 0.05) is 29.9 Å². The van der Waals surface area contributed by atoms with Crippen LogP contribution in [0.15, 0.2) is 24.7 Å². The largest absolute Gasteiger partial charge is 0.398 e. The third kappa shape index (κ3) is 3.49. The Kier molecular flexibility index (Phi) is 4.73. The van der Waals surface area contributed by atoms with Gasteiger partial charge < -0.3 is 26.5 Å². The molecule has 0 aromatic carbocycles. The third-order valence-corrected chi connectivity index (χ3v) is 5.40. The summed E-state index contributed by atoms with van der Waals surface area (Å²) in [7, 11) is 1.81. The van der Waals surface area contributed by atoms with Crippen molar-refractivity contribution in [3.05, 3.63) is 34.4 Å². The molecule has 0 spiro atoms. The number of aromatic nitrogens is 4. The van der Waals surface area contributed by atoms with Gasteiger partial charge in [-0.1, -0.05) is 0 Å². The van der Waals surface area contributed by atoms with Gasteiger partial charge >= 0.3 is 0 Å². The van der Waals surface area contributed by atoms with Gasteiger partial charge in [-0.3, -0.25) is 4.68 Å². The van der Waals surface area contributed by atoms with Crippen LogP contribution in [0.1, 0.15) is 15.8 Å². The number of thiophene rings is 1. The van der Waals surface area contributed by atoms with E-state index in [9.17, 15) is 0 Å². The number of nitrogens with one attached hydrogen (secondary N) is 3. The fraction of sp³-hybridized carbons (Fsp3) is 0.294. The van der Waals surface area contributed by atoms with Crippen molar-refractivity contribution in [1.82, 2.24) is 19.7 Å². The molecule has 0 atom stereocenters. The zero-order valence-corrected chi connectivity index (χ0v) is 15.6. The standard InChI is InChI=1S/C17H20N8OS/c1-20-16-17(21-5-12-2-13(19)15(3-18)27-12)24-14(6-22-16)10-4-23-25(7-10)11-8-26-9-11/h2-4,6-7,11,18H,5,8-9,19H2,1H3,(H,20,22)(H,21,24). The highest BCUT2D eigenvalue weighted by molar-refractivity contribution is 7.14. The van der Waals surface area contributed by atoms with Gasteiger partial charge in [0.15, 0.2) is 11.6 Å². The van der Waals surface area contributed by atoms with E-state index in [0.717, 1.165) is 21.0 Å². The first-order valence-corrected chi connectivity index (χ1v) is 9.29. The van der Waals surface area contributed by atoms with Crippen molar-refractivity contribution in [2.24, 2.45) is 0 Å². The topological polar surface area (TPSA) is 127 Å². The molecular weight excluding hydrogens is 364 g/mol. The fourth-order valence-corrected chi connectivity index (χ4v) is 3.57. The van der Waals surface area contributed by atoms with Gasteiger partial charge in [0.05, 0.1) is 54.5 Å². The maximum atomic E-state index is 7.37. The van der Waals surface area contributed by atoms with E-state index in [4.69, 9.17) is 20.9 Å². The monoisotopic (exact) mass is 384 g/mol. The van der Waals surface area contributed by atoms with Crippen LogP contribution in [0, 0.1) is 5.41 Å². The molecule has 0 bridgehead atoms. The van der Waals surface area contributed by atoms with E-state index in [1.165, 1.54) is 17.6 Å². The predicted molar refractivity (Wildman–Crippen MR) is 107 cm³/mol. The first kappa shape index (κ1) is 17.4. The number of nitrogens with zero attached hydrogens (tertiary/aromatic N) is 4. The van der Waals surface area contributed by atoms with Crippen LogP contribution in [0.5, 0.6) is 0 Å². The number of anilines is 3. The van der Waals surface area contributed by atoms with E-state index in [2.05, 4.69) is 20.7 Å². The van der Waals surface area contributed by atoms with Gasteiger partial charge in [0.25, 0.3) is 0 Å². The van der Waals surface area contributed by atoms with E-state index >= 15 is 0 Å². The summed E-state index contributed by atoms with van der Waals surface area (Å²) < 4.78 is 7.13. The minimum Gasteiger partial charge on any atom is -0.398 e. The summed E-state index contributed by atoms with van der Waals surface area (Å²) in [5.74, 6) is 1.31. The molecule has 140 valence electrons. The van der Waals surface area contributed by atoms with E-state index in [1.54, 1.807) is 19.4 Å². The molecule has 3 aromatic rings. The summed E-state index contributed by atoms with van der Waals surface area (Å²) >= 11 is 1.48. The maximum absolute atomic E-state index is 7.37. The second kappa shape index (κ2) is 7.33. The molecule has 1 aliphatic heterocycles. The Labute approximate surface area is 160 Å². The lowest BCUT2D eigenvalue weighted by atomic mass is 10.2. The van der Waals surface area contributed by atoms with Crippen LogP contribution in [0.3, 0.4) is 0 Å². The van der Waals surface area contributed by atoms with Crippen molar-refractivity contribution < 1.29 is 4.74 Å². The third-order valence-electron chi connectivity index (χ3n) is 4.30. The van der Waals surface area contributed by atoms with Gasteiger partial charge in [-0.05, 0) is 6.07 Å².